The molecule has 4 rings (SSSR count). The van der Waals surface area contributed by atoms with Gasteiger partial charge in [0.05, 0.1) is 24.3 Å². The van der Waals surface area contributed by atoms with Gasteiger partial charge < -0.3 is 14.5 Å². The van der Waals surface area contributed by atoms with Crippen molar-refractivity contribution in [2.75, 3.05) is 11.9 Å². The molecule has 7 heteroatoms. The number of hydrogen-bond donors (Lipinski definition) is 1. The van der Waals surface area contributed by atoms with Gasteiger partial charge in [-0.1, -0.05) is 24.3 Å². The van der Waals surface area contributed by atoms with Crippen LogP contribution in [-0.2, 0) is 4.74 Å². The van der Waals surface area contributed by atoms with Gasteiger partial charge in [-0.15, -0.1) is 0 Å². The van der Waals surface area contributed by atoms with Crippen LogP contribution in [0.4, 0.5) is 5.69 Å². The molecular weight excluding hydrogens is 394 g/mol. The Labute approximate surface area is 179 Å². The summed E-state index contributed by atoms with van der Waals surface area (Å²) in [6, 6.07) is 20.1. The van der Waals surface area contributed by atoms with E-state index in [0.717, 1.165) is 16.8 Å². The Bertz CT molecular complexity index is 1230. The number of nitrogens with one attached hydrogen (secondary N) is 1. The van der Waals surface area contributed by atoms with Crippen molar-refractivity contribution in [1.82, 2.24) is 9.78 Å². The van der Waals surface area contributed by atoms with Crippen LogP contribution in [-0.4, -0.2) is 28.3 Å². The highest BCUT2D eigenvalue weighted by Crippen LogP contribution is 2.27. The minimum absolute atomic E-state index is 0.211. The standard InChI is InChI=1S/C24H21N3O4/c1-3-30-24(29)20-15-21(27(26-20)19-10-4-7-16(2)13-19)17-8-5-9-18(14-17)25-23(28)22-11-6-12-31-22/h4-15H,3H2,1-2H3,(H,25,28). The molecule has 0 aliphatic rings. The normalized spacial score (nSPS) is 10.6. The minimum Gasteiger partial charge on any atom is -0.461 e. The Kier molecular flexibility index (Phi) is 5.66. The fraction of sp³-hybridized carbons (Fsp3) is 0.125. The number of furan rings is 1. The second-order valence-electron chi connectivity index (χ2n) is 6.90. The third kappa shape index (κ3) is 4.40. The lowest BCUT2D eigenvalue weighted by Crippen LogP contribution is -2.10. The lowest BCUT2D eigenvalue weighted by atomic mass is 10.1. The molecule has 0 aliphatic heterocycles. The van der Waals surface area contributed by atoms with Crippen molar-refractivity contribution >= 4 is 17.6 Å². The number of rotatable bonds is 6. The Balaban J connectivity index is 1.74. The molecule has 1 N–H and O–H groups in total. The van der Waals surface area contributed by atoms with Crippen molar-refractivity contribution in [2.45, 2.75) is 13.8 Å². The third-order valence-corrected chi connectivity index (χ3v) is 4.60. The van der Waals surface area contributed by atoms with Crippen LogP contribution in [0, 0.1) is 6.92 Å². The molecule has 0 spiro atoms. The molecule has 0 fully saturated rings. The molecule has 0 aliphatic carbocycles. The summed E-state index contributed by atoms with van der Waals surface area (Å²) in [6.07, 6.45) is 1.45. The first kappa shape index (κ1) is 20.2. The number of esters is 1. The lowest BCUT2D eigenvalue weighted by molar-refractivity contribution is 0.0519. The van der Waals surface area contributed by atoms with Gasteiger partial charge >= 0.3 is 5.97 Å². The van der Waals surface area contributed by atoms with Crippen molar-refractivity contribution < 1.29 is 18.7 Å². The predicted octanol–water partition coefficient (Wildman–Crippen LogP) is 4.87. The molecule has 7 nitrogen and oxygen atoms in total. The molecule has 0 radical (unpaired) electrons. The minimum atomic E-state index is -0.488. The van der Waals surface area contributed by atoms with Crippen molar-refractivity contribution in [3.05, 3.63) is 90.0 Å². The summed E-state index contributed by atoms with van der Waals surface area (Å²) >= 11 is 0. The molecule has 2 heterocycles. The number of anilines is 1. The van der Waals surface area contributed by atoms with Gasteiger partial charge in [0.2, 0.25) is 0 Å². The number of hydrogen-bond acceptors (Lipinski definition) is 5. The zero-order valence-electron chi connectivity index (χ0n) is 17.2. The number of ether oxygens (including phenoxy) is 1. The molecule has 0 saturated carbocycles. The summed E-state index contributed by atoms with van der Waals surface area (Å²) in [5.41, 5.74) is 4.16. The number of carbonyl (C=O) groups excluding carboxylic acids is 2. The van der Waals surface area contributed by atoms with Crippen LogP contribution < -0.4 is 5.32 Å². The number of carbonyl (C=O) groups is 2. The van der Waals surface area contributed by atoms with Crippen molar-refractivity contribution in [1.29, 1.82) is 0 Å². The van der Waals surface area contributed by atoms with Gasteiger partial charge in [-0.2, -0.15) is 5.10 Å². The summed E-state index contributed by atoms with van der Waals surface area (Å²) in [5.74, 6) is -0.612. The zero-order valence-corrected chi connectivity index (χ0v) is 17.2. The summed E-state index contributed by atoms with van der Waals surface area (Å²) in [7, 11) is 0. The molecule has 2 aromatic carbocycles. The highest BCUT2D eigenvalue weighted by molar-refractivity contribution is 6.02. The smallest absolute Gasteiger partial charge is 0.358 e. The summed E-state index contributed by atoms with van der Waals surface area (Å²) in [5, 5.41) is 7.31. The van der Waals surface area contributed by atoms with E-state index in [-0.39, 0.29) is 24.0 Å². The largest absolute Gasteiger partial charge is 0.461 e. The maximum absolute atomic E-state index is 12.3. The van der Waals surface area contributed by atoms with Gasteiger partial charge in [-0.05, 0) is 61.9 Å². The second-order valence-corrected chi connectivity index (χ2v) is 6.90. The predicted molar refractivity (Wildman–Crippen MR) is 116 cm³/mol. The Hall–Kier alpha value is -4.13. The SMILES string of the molecule is CCOC(=O)c1cc(-c2cccc(NC(=O)c3ccco3)c2)n(-c2cccc(C)c2)n1. The van der Waals surface area contributed by atoms with Crippen LogP contribution in [0.25, 0.3) is 16.9 Å². The zero-order chi connectivity index (χ0) is 21.8. The second kappa shape index (κ2) is 8.71. The number of nitrogens with zero attached hydrogens (tertiary/aromatic N) is 2. The Morgan fingerprint density at radius 1 is 1.06 bits per heavy atom. The fourth-order valence-corrected chi connectivity index (χ4v) is 3.20. The molecule has 0 saturated heterocycles. The number of aromatic nitrogens is 2. The average molecular weight is 415 g/mol. The molecule has 156 valence electrons. The van der Waals surface area contributed by atoms with Gasteiger partial charge in [0.1, 0.15) is 0 Å². The van der Waals surface area contributed by atoms with Crippen LogP contribution in [0.3, 0.4) is 0 Å². The Morgan fingerprint density at radius 2 is 1.90 bits per heavy atom. The Morgan fingerprint density at radius 3 is 2.65 bits per heavy atom. The van der Waals surface area contributed by atoms with Crippen LogP contribution in [0.2, 0.25) is 0 Å². The first-order valence-electron chi connectivity index (χ1n) is 9.84. The van der Waals surface area contributed by atoms with Crippen LogP contribution in [0.1, 0.15) is 33.5 Å². The van der Waals surface area contributed by atoms with Gasteiger partial charge in [-0.3, -0.25) is 4.79 Å². The molecule has 4 aromatic rings. The van der Waals surface area contributed by atoms with Gasteiger partial charge in [0.15, 0.2) is 11.5 Å². The van der Waals surface area contributed by atoms with Crippen molar-refractivity contribution in [3.63, 3.8) is 0 Å². The van der Waals surface area contributed by atoms with Crippen LogP contribution >= 0.6 is 0 Å². The van der Waals surface area contributed by atoms with E-state index in [2.05, 4.69) is 10.4 Å². The van der Waals surface area contributed by atoms with E-state index in [1.807, 2.05) is 49.4 Å². The molecule has 0 unspecified atom stereocenters. The van der Waals surface area contributed by atoms with Crippen molar-refractivity contribution in [2.24, 2.45) is 0 Å². The molecule has 0 atom stereocenters. The molecule has 31 heavy (non-hydrogen) atoms. The highest BCUT2D eigenvalue weighted by Gasteiger charge is 2.18. The average Bonchev–Trinajstić information content (AvgIpc) is 3.45. The number of amides is 1. The summed E-state index contributed by atoms with van der Waals surface area (Å²) in [6.45, 7) is 4.00. The van der Waals surface area contributed by atoms with E-state index in [9.17, 15) is 9.59 Å². The van der Waals surface area contributed by atoms with Crippen molar-refractivity contribution in [3.8, 4) is 16.9 Å². The third-order valence-electron chi connectivity index (χ3n) is 4.60. The van der Waals surface area contributed by atoms with E-state index < -0.39 is 5.97 Å². The maximum Gasteiger partial charge on any atom is 0.358 e. The maximum atomic E-state index is 12.3. The van der Waals surface area contributed by atoms with Gasteiger partial charge in [0, 0.05) is 11.3 Å². The monoisotopic (exact) mass is 415 g/mol. The highest BCUT2D eigenvalue weighted by atomic mass is 16.5. The first-order valence-corrected chi connectivity index (χ1v) is 9.84. The molecular formula is C24H21N3O4. The van der Waals surface area contributed by atoms with E-state index >= 15 is 0 Å². The van der Waals surface area contributed by atoms with E-state index in [0.29, 0.717) is 11.4 Å². The van der Waals surface area contributed by atoms with Gasteiger partial charge in [-0.25, -0.2) is 9.48 Å². The topological polar surface area (TPSA) is 86.4 Å². The quantitative estimate of drug-likeness (QED) is 0.454. The van der Waals surface area contributed by atoms with E-state index in [1.54, 1.807) is 35.9 Å². The van der Waals surface area contributed by atoms with Gasteiger partial charge in [0.25, 0.3) is 5.91 Å². The van der Waals surface area contributed by atoms with E-state index in [1.165, 1.54) is 6.26 Å². The fourth-order valence-electron chi connectivity index (χ4n) is 3.20. The first-order chi connectivity index (χ1) is 15.0. The summed E-state index contributed by atoms with van der Waals surface area (Å²) in [4.78, 5) is 24.6. The molecule has 1 amide bonds. The van der Waals surface area contributed by atoms with Crippen LogP contribution in [0.5, 0.6) is 0 Å². The number of aryl methyl sites for hydroxylation is 1. The summed E-state index contributed by atoms with van der Waals surface area (Å²) < 4.78 is 12.0. The van der Waals surface area contributed by atoms with Crippen LogP contribution in [0.15, 0.2) is 77.4 Å². The molecule has 2 aromatic heterocycles. The number of benzene rings is 2. The van der Waals surface area contributed by atoms with E-state index in [4.69, 9.17) is 9.15 Å². The lowest BCUT2D eigenvalue weighted by Gasteiger charge is -2.10. The molecule has 0 bridgehead atoms.